The summed E-state index contributed by atoms with van der Waals surface area (Å²) in [6.07, 6.45) is 1.89. The number of hydrogen-bond acceptors (Lipinski definition) is 6. The maximum Gasteiger partial charge on any atom is 0.250 e. The molecule has 44 heavy (non-hydrogen) atoms. The van der Waals surface area contributed by atoms with Gasteiger partial charge in [0.25, 0.3) is 0 Å². The van der Waals surface area contributed by atoms with Crippen molar-refractivity contribution in [3.63, 3.8) is 0 Å². The molecule has 4 N–H and O–H groups in total. The molecule has 1 spiro atoms. The second-order valence-corrected chi connectivity index (χ2v) is 12.4. The lowest BCUT2D eigenvalue weighted by Crippen LogP contribution is -2.60. The lowest BCUT2D eigenvalue weighted by Gasteiger charge is -2.44. The lowest BCUT2D eigenvalue weighted by atomic mass is 9.85. The summed E-state index contributed by atoms with van der Waals surface area (Å²) in [5.74, 6) is -0.276. The normalized spacial score (nSPS) is 20.0. The minimum absolute atomic E-state index is 0.0635. The standard InChI is InChI=1S/C34H39ClN6O3/c35-27-12-10-24(11-13-27)20-30(38-31(42)29-21-25-6-4-5-7-26(25)22-37-29)32(43)39-17-14-34(15-18-39)33(44)40(19-16-36)23-41(34)28-8-2-1-3-9-28/h1-13,29-30,37H,14-23,36H2,(H,38,42). The van der Waals surface area contributed by atoms with E-state index in [1.54, 1.807) is 17.0 Å². The summed E-state index contributed by atoms with van der Waals surface area (Å²) in [6, 6.07) is 24.2. The average Bonchev–Trinajstić information content (AvgIpc) is 3.32. The predicted octanol–water partition coefficient (Wildman–Crippen LogP) is 2.71. The predicted molar refractivity (Wildman–Crippen MR) is 171 cm³/mol. The fourth-order valence-electron chi connectivity index (χ4n) is 6.81. The number of rotatable bonds is 8. The number of nitrogens with one attached hydrogen (secondary N) is 2. The number of carbonyl (C=O) groups is 3. The lowest BCUT2D eigenvalue weighted by molar-refractivity contribution is -0.141. The molecule has 9 nitrogen and oxygen atoms in total. The molecule has 2 fully saturated rings. The van der Waals surface area contributed by atoms with Crippen LogP contribution in [-0.4, -0.2) is 78.0 Å². The number of hydrogen-bond donors (Lipinski definition) is 3. The molecule has 2 unspecified atom stereocenters. The summed E-state index contributed by atoms with van der Waals surface area (Å²) >= 11 is 6.12. The average molecular weight is 615 g/mol. The molecule has 2 atom stereocenters. The molecule has 3 amide bonds. The second-order valence-electron chi connectivity index (χ2n) is 11.9. The van der Waals surface area contributed by atoms with Gasteiger partial charge in [-0.3, -0.25) is 14.4 Å². The van der Waals surface area contributed by atoms with Gasteiger partial charge in [-0.05, 0) is 60.2 Å². The van der Waals surface area contributed by atoms with E-state index >= 15 is 0 Å². The van der Waals surface area contributed by atoms with Crippen LogP contribution in [0.4, 0.5) is 5.69 Å². The summed E-state index contributed by atoms with van der Waals surface area (Å²) in [4.78, 5) is 47.3. The van der Waals surface area contributed by atoms with E-state index in [0.29, 0.717) is 70.1 Å². The SMILES string of the molecule is NCCN1CN(c2ccccc2)C2(CCN(C(=O)C(Cc3ccc(Cl)cc3)NC(=O)C3Cc4ccccc4CN3)CC2)C1=O. The van der Waals surface area contributed by atoms with E-state index in [0.717, 1.165) is 16.8 Å². The van der Waals surface area contributed by atoms with Crippen LogP contribution in [0, 0.1) is 0 Å². The largest absolute Gasteiger partial charge is 0.343 e. The molecule has 3 aliphatic rings. The molecule has 10 heteroatoms. The minimum atomic E-state index is -0.755. The number of nitrogens with two attached hydrogens (primary N) is 1. The van der Waals surface area contributed by atoms with Gasteiger partial charge in [0.15, 0.2) is 0 Å². The molecule has 0 radical (unpaired) electrons. The molecule has 0 saturated carbocycles. The van der Waals surface area contributed by atoms with Gasteiger partial charge in [0.05, 0.1) is 12.7 Å². The Hall–Kier alpha value is -3.92. The molecule has 2 saturated heterocycles. The van der Waals surface area contributed by atoms with E-state index in [2.05, 4.69) is 21.6 Å². The highest BCUT2D eigenvalue weighted by molar-refractivity contribution is 6.30. The molecular formula is C34H39ClN6O3. The molecule has 3 aromatic carbocycles. The van der Waals surface area contributed by atoms with Crippen molar-refractivity contribution < 1.29 is 14.4 Å². The quantitative estimate of drug-likeness (QED) is 0.360. The molecule has 230 valence electrons. The first-order valence-electron chi connectivity index (χ1n) is 15.3. The van der Waals surface area contributed by atoms with E-state index in [1.165, 1.54) is 5.56 Å². The fourth-order valence-corrected chi connectivity index (χ4v) is 6.94. The highest BCUT2D eigenvalue weighted by atomic mass is 35.5. The third kappa shape index (κ3) is 6.04. The van der Waals surface area contributed by atoms with Crippen LogP contribution in [0.25, 0.3) is 0 Å². The Morgan fingerprint density at radius 1 is 0.977 bits per heavy atom. The highest BCUT2D eigenvalue weighted by Gasteiger charge is 2.54. The van der Waals surface area contributed by atoms with Crippen LogP contribution in [-0.2, 0) is 33.8 Å². The van der Waals surface area contributed by atoms with Crippen molar-refractivity contribution in [2.45, 2.75) is 49.9 Å². The van der Waals surface area contributed by atoms with Gasteiger partial charge in [0.2, 0.25) is 17.7 Å². The zero-order valence-corrected chi connectivity index (χ0v) is 25.5. The number of anilines is 1. The molecule has 0 aliphatic carbocycles. The monoisotopic (exact) mass is 614 g/mol. The third-order valence-corrected chi connectivity index (χ3v) is 9.50. The summed E-state index contributed by atoms with van der Waals surface area (Å²) in [7, 11) is 0. The van der Waals surface area contributed by atoms with Crippen LogP contribution >= 0.6 is 11.6 Å². The zero-order chi connectivity index (χ0) is 30.7. The van der Waals surface area contributed by atoms with E-state index in [9.17, 15) is 14.4 Å². The summed E-state index contributed by atoms with van der Waals surface area (Å²) in [6.45, 7) is 2.77. The molecule has 0 bridgehead atoms. The number of nitrogens with zero attached hydrogens (tertiary/aromatic N) is 3. The van der Waals surface area contributed by atoms with Crippen LogP contribution in [0.1, 0.15) is 29.5 Å². The van der Waals surface area contributed by atoms with Crippen molar-refractivity contribution in [2.24, 2.45) is 5.73 Å². The molecule has 3 heterocycles. The van der Waals surface area contributed by atoms with E-state index < -0.39 is 17.6 Å². The Balaban J connectivity index is 1.19. The van der Waals surface area contributed by atoms with Crippen LogP contribution in [0.2, 0.25) is 5.02 Å². The first-order chi connectivity index (χ1) is 21.4. The second kappa shape index (κ2) is 13.0. The molecule has 3 aliphatic heterocycles. The van der Waals surface area contributed by atoms with Gasteiger partial charge in [0, 0.05) is 49.9 Å². The Morgan fingerprint density at radius 2 is 1.66 bits per heavy atom. The molecule has 0 aromatic heterocycles. The van der Waals surface area contributed by atoms with Crippen LogP contribution in [0.3, 0.4) is 0 Å². The van der Waals surface area contributed by atoms with Crippen molar-refractivity contribution in [1.82, 2.24) is 20.4 Å². The zero-order valence-electron chi connectivity index (χ0n) is 24.8. The fraction of sp³-hybridized carbons (Fsp3) is 0.382. The number of fused-ring (bicyclic) bond motifs is 1. The van der Waals surface area contributed by atoms with Crippen molar-refractivity contribution in [3.8, 4) is 0 Å². The molecule has 6 rings (SSSR count). The number of halogens is 1. The van der Waals surface area contributed by atoms with Crippen LogP contribution in [0.15, 0.2) is 78.9 Å². The number of amides is 3. The summed E-state index contributed by atoms with van der Waals surface area (Å²) in [5.41, 5.74) is 9.32. The van der Waals surface area contributed by atoms with Gasteiger partial charge >= 0.3 is 0 Å². The number of carbonyl (C=O) groups excluding carboxylic acids is 3. The summed E-state index contributed by atoms with van der Waals surface area (Å²) < 4.78 is 0. The number of benzene rings is 3. The number of likely N-dealkylation sites (tertiary alicyclic amines) is 1. The minimum Gasteiger partial charge on any atom is -0.343 e. The van der Waals surface area contributed by atoms with Gasteiger partial charge < -0.3 is 31.1 Å². The van der Waals surface area contributed by atoms with Crippen molar-refractivity contribution in [2.75, 3.05) is 37.7 Å². The Bertz CT molecular complexity index is 1490. The van der Waals surface area contributed by atoms with E-state index in [1.807, 2.05) is 65.6 Å². The van der Waals surface area contributed by atoms with E-state index in [-0.39, 0.29) is 17.7 Å². The first kappa shape index (κ1) is 30.1. The Morgan fingerprint density at radius 3 is 2.36 bits per heavy atom. The van der Waals surface area contributed by atoms with Gasteiger partial charge in [-0.25, -0.2) is 0 Å². The Kier molecular flexibility index (Phi) is 8.88. The topological polar surface area (TPSA) is 111 Å². The van der Waals surface area contributed by atoms with Crippen molar-refractivity contribution in [1.29, 1.82) is 0 Å². The molecular weight excluding hydrogens is 576 g/mol. The van der Waals surface area contributed by atoms with Gasteiger partial charge in [-0.2, -0.15) is 0 Å². The van der Waals surface area contributed by atoms with Gasteiger partial charge in [0.1, 0.15) is 11.6 Å². The maximum absolute atomic E-state index is 14.1. The smallest absolute Gasteiger partial charge is 0.250 e. The van der Waals surface area contributed by atoms with Crippen molar-refractivity contribution in [3.05, 3.63) is 101 Å². The number of piperidine rings is 1. The summed E-state index contributed by atoms with van der Waals surface area (Å²) in [5, 5.41) is 7.02. The van der Waals surface area contributed by atoms with Crippen molar-refractivity contribution >= 4 is 35.0 Å². The highest BCUT2D eigenvalue weighted by Crippen LogP contribution is 2.39. The van der Waals surface area contributed by atoms with E-state index in [4.69, 9.17) is 17.3 Å². The van der Waals surface area contributed by atoms with Gasteiger partial charge in [-0.1, -0.05) is 66.2 Å². The maximum atomic E-state index is 14.1. The first-order valence-corrected chi connectivity index (χ1v) is 15.7. The third-order valence-electron chi connectivity index (χ3n) is 9.25. The van der Waals surface area contributed by atoms with Crippen LogP contribution in [0.5, 0.6) is 0 Å². The Labute approximate surface area is 263 Å². The number of para-hydroxylation sites is 1. The van der Waals surface area contributed by atoms with Gasteiger partial charge in [-0.15, -0.1) is 0 Å². The molecule has 3 aromatic rings. The van der Waals surface area contributed by atoms with Crippen LogP contribution < -0.4 is 21.3 Å².